The van der Waals surface area contributed by atoms with E-state index in [2.05, 4.69) is 20.8 Å². The molecule has 0 amide bonds. The molecule has 0 aromatic carbocycles. The van der Waals surface area contributed by atoms with Crippen molar-refractivity contribution in [2.24, 2.45) is 11.8 Å². The monoisotopic (exact) mass is 218 g/mol. The molecule has 1 rings (SSSR count). The van der Waals surface area contributed by atoms with E-state index in [1.807, 2.05) is 0 Å². The lowest BCUT2D eigenvalue weighted by atomic mass is 9.96. The Hall–Kier alpha value is 0.250. The first-order chi connectivity index (χ1) is 6.63. The van der Waals surface area contributed by atoms with Gasteiger partial charge in [-0.1, -0.05) is 20.8 Å². The largest absolute Gasteiger partial charge is 0.375 e. The minimum absolute atomic E-state index is 0.470. The number of hydrogen-bond donors (Lipinski definition) is 0. The van der Waals surface area contributed by atoms with E-state index in [0.717, 1.165) is 30.6 Å². The number of halogens is 1. The predicted octanol–water partition coefficient (Wildman–Crippen LogP) is 3.85. The molecule has 0 aliphatic carbocycles. The van der Waals surface area contributed by atoms with E-state index in [4.69, 9.17) is 16.3 Å². The highest BCUT2D eigenvalue weighted by Crippen LogP contribution is 2.32. The van der Waals surface area contributed by atoms with Crippen molar-refractivity contribution >= 4 is 11.6 Å². The van der Waals surface area contributed by atoms with E-state index < -0.39 is 0 Å². The molecule has 1 nitrogen and oxygen atoms in total. The van der Waals surface area contributed by atoms with Crippen LogP contribution in [0.25, 0.3) is 0 Å². The zero-order chi connectivity index (χ0) is 10.6. The van der Waals surface area contributed by atoms with Gasteiger partial charge in [-0.15, -0.1) is 11.6 Å². The minimum Gasteiger partial charge on any atom is -0.375 e. The van der Waals surface area contributed by atoms with Crippen LogP contribution in [0.1, 0.15) is 46.5 Å². The number of hydrogen-bond acceptors (Lipinski definition) is 1. The summed E-state index contributed by atoms with van der Waals surface area (Å²) in [5.41, 5.74) is 0. The highest BCUT2D eigenvalue weighted by molar-refractivity contribution is 6.17. The SMILES string of the molecule is CC(C)C[C@H]1C[C@@H](C)[C@H](CCCCl)O1. The van der Waals surface area contributed by atoms with Crippen LogP contribution in [0.3, 0.4) is 0 Å². The summed E-state index contributed by atoms with van der Waals surface area (Å²) in [5.74, 6) is 2.24. The van der Waals surface area contributed by atoms with Crippen LogP contribution >= 0.6 is 11.6 Å². The molecule has 0 unspecified atom stereocenters. The lowest BCUT2D eigenvalue weighted by Gasteiger charge is -2.15. The second-order valence-corrected chi connectivity index (χ2v) is 5.35. The van der Waals surface area contributed by atoms with Gasteiger partial charge in [-0.05, 0) is 37.5 Å². The summed E-state index contributed by atoms with van der Waals surface area (Å²) < 4.78 is 6.03. The molecule has 0 aromatic heterocycles. The third kappa shape index (κ3) is 3.78. The van der Waals surface area contributed by atoms with Crippen LogP contribution in [0, 0.1) is 11.8 Å². The summed E-state index contributed by atoms with van der Waals surface area (Å²) in [5, 5.41) is 0. The molecule has 0 aromatic rings. The van der Waals surface area contributed by atoms with Gasteiger partial charge in [0.1, 0.15) is 0 Å². The zero-order valence-electron chi connectivity index (χ0n) is 9.63. The van der Waals surface area contributed by atoms with Crippen molar-refractivity contribution < 1.29 is 4.74 Å². The Morgan fingerprint density at radius 1 is 1.43 bits per heavy atom. The molecule has 0 N–H and O–H groups in total. The van der Waals surface area contributed by atoms with Gasteiger partial charge in [0, 0.05) is 5.88 Å². The van der Waals surface area contributed by atoms with Crippen LogP contribution in [0.5, 0.6) is 0 Å². The number of alkyl halides is 1. The Morgan fingerprint density at radius 2 is 2.14 bits per heavy atom. The summed E-state index contributed by atoms with van der Waals surface area (Å²) in [4.78, 5) is 0. The molecule has 0 saturated carbocycles. The van der Waals surface area contributed by atoms with Crippen molar-refractivity contribution in [1.82, 2.24) is 0 Å². The Labute approximate surface area is 93.2 Å². The summed E-state index contributed by atoms with van der Waals surface area (Å²) in [7, 11) is 0. The maximum Gasteiger partial charge on any atom is 0.0605 e. The van der Waals surface area contributed by atoms with Gasteiger partial charge >= 0.3 is 0 Å². The average molecular weight is 219 g/mol. The second kappa shape index (κ2) is 5.97. The summed E-state index contributed by atoms with van der Waals surface area (Å²) in [6, 6.07) is 0. The molecule has 84 valence electrons. The number of rotatable bonds is 5. The maximum atomic E-state index is 6.03. The molecule has 1 aliphatic heterocycles. The Morgan fingerprint density at radius 3 is 2.71 bits per heavy atom. The molecule has 1 saturated heterocycles. The first kappa shape index (κ1) is 12.3. The minimum atomic E-state index is 0.470. The summed E-state index contributed by atoms with van der Waals surface area (Å²) in [6.07, 6.45) is 5.65. The third-order valence-electron chi connectivity index (χ3n) is 2.99. The maximum absolute atomic E-state index is 6.03. The normalized spacial score (nSPS) is 32.8. The topological polar surface area (TPSA) is 9.23 Å². The molecule has 0 bridgehead atoms. The highest BCUT2D eigenvalue weighted by atomic mass is 35.5. The van der Waals surface area contributed by atoms with Gasteiger partial charge in [0.25, 0.3) is 0 Å². The fraction of sp³-hybridized carbons (Fsp3) is 1.00. The summed E-state index contributed by atoms with van der Waals surface area (Å²) >= 11 is 5.69. The molecule has 0 spiro atoms. The fourth-order valence-corrected chi connectivity index (χ4v) is 2.47. The molecule has 14 heavy (non-hydrogen) atoms. The van der Waals surface area contributed by atoms with E-state index in [1.165, 1.54) is 12.8 Å². The Kier molecular flexibility index (Phi) is 5.25. The first-order valence-corrected chi connectivity index (χ1v) is 6.38. The number of ether oxygens (including phenoxy) is 1. The highest BCUT2D eigenvalue weighted by Gasteiger charge is 2.31. The molecule has 1 aliphatic rings. The van der Waals surface area contributed by atoms with Crippen molar-refractivity contribution in [3.8, 4) is 0 Å². The quantitative estimate of drug-likeness (QED) is 0.637. The lowest BCUT2D eigenvalue weighted by Crippen LogP contribution is -2.15. The van der Waals surface area contributed by atoms with Gasteiger partial charge in [0.2, 0.25) is 0 Å². The van der Waals surface area contributed by atoms with Crippen molar-refractivity contribution in [3.05, 3.63) is 0 Å². The van der Waals surface area contributed by atoms with E-state index in [-0.39, 0.29) is 0 Å². The predicted molar refractivity (Wildman–Crippen MR) is 61.9 cm³/mol. The van der Waals surface area contributed by atoms with E-state index in [9.17, 15) is 0 Å². The van der Waals surface area contributed by atoms with Gasteiger partial charge in [0.05, 0.1) is 12.2 Å². The molecule has 1 heterocycles. The van der Waals surface area contributed by atoms with Crippen LogP contribution in [0.2, 0.25) is 0 Å². The van der Waals surface area contributed by atoms with Gasteiger partial charge < -0.3 is 4.74 Å². The van der Waals surface area contributed by atoms with Crippen LogP contribution < -0.4 is 0 Å². The molecule has 3 atom stereocenters. The van der Waals surface area contributed by atoms with Crippen LogP contribution in [0.4, 0.5) is 0 Å². The van der Waals surface area contributed by atoms with E-state index in [0.29, 0.717) is 12.2 Å². The fourth-order valence-electron chi connectivity index (χ4n) is 2.31. The lowest BCUT2D eigenvalue weighted by molar-refractivity contribution is 0.0215. The molecular weight excluding hydrogens is 196 g/mol. The van der Waals surface area contributed by atoms with Crippen molar-refractivity contribution in [3.63, 3.8) is 0 Å². The van der Waals surface area contributed by atoms with Crippen molar-refractivity contribution in [2.75, 3.05) is 5.88 Å². The van der Waals surface area contributed by atoms with Crippen molar-refractivity contribution in [1.29, 1.82) is 0 Å². The van der Waals surface area contributed by atoms with E-state index >= 15 is 0 Å². The van der Waals surface area contributed by atoms with Crippen LogP contribution in [0.15, 0.2) is 0 Å². The zero-order valence-corrected chi connectivity index (χ0v) is 10.4. The van der Waals surface area contributed by atoms with Crippen LogP contribution in [-0.4, -0.2) is 18.1 Å². The smallest absolute Gasteiger partial charge is 0.0605 e. The second-order valence-electron chi connectivity index (χ2n) is 4.97. The van der Waals surface area contributed by atoms with Gasteiger partial charge in [-0.3, -0.25) is 0 Å². The molecular formula is C12H23ClO. The molecule has 2 heteroatoms. The average Bonchev–Trinajstić information content (AvgIpc) is 2.41. The van der Waals surface area contributed by atoms with Gasteiger partial charge in [0.15, 0.2) is 0 Å². The Bertz CT molecular complexity index is 158. The summed E-state index contributed by atoms with van der Waals surface area (Å²) in [6.45, 7) is 6.83. The molecule has 1 fully saturated rings. The van der Waals surface area contributed by atoms with E-state index in [1.54, 1.807) is 0 Å². The van der Waals surface area contributed by atoms with Gasteiger partial charge in [-0.2, -0.15) is 0 Å². The van der Waals surface area contributed by atoms with Gasteiger partial charge in [-0.25, -0.2) is 0 Å². The first-order valence-electron chi connectivity index (χ1n) is 5.85. The third-order valence-corrected chi connectivity index (χ3v) is 3.26. The van der Waals surface area contributed by atoms with Crippen molar-refractivity contribution in [2.45, 2.75) is 58.7 Å². The van der Waals surface area contributed by atoms with Crippen LogP contribution in [-0.2, 0) is 4.74 Å². The Balaban J connectivity index is 2.28. The standard InChI is InChI=1S/C12H23ClO/c1-9(2)7-11-8-10(3)12(14-11)5-4-6-13/h9-12H,4-8H2,1-3H3/t10-,11+,12+/m1/s1. The molecule has 0 radical (unpaired) electrons.